The third-order valence-electron chi connectivity index (χ3n) is 4.31. The largest absolute Gasteiger partial charge is 0.482 e. The summed E-state index contributed by atoms with van der Waals surface area (Å²) in [6, 6.07) is 10.3. The molecule has 2 N–H and O–H groups in total. The fourth-order valence-electron chi connectivity index (χ4n) is 2.96. The minimum atomic E-state index is -1.12. The number of ether oxygens (including phenoxy) is 1. The molecule has 0 radical (unpaired) electrons. The number of carbonyl (C=O) groups excluding carboxylic acids is 2. The molecular formula is C22H17FN2O5S. The number of nitrogens with zero attached hydrogens (tertiary/aromatic N) is 1. The van der Waals surface area contributed by atoms with Crippen molar-refractivity contribution in [2.24, 2.45) is 0 Å². The second-order valence-corrected chi connectivity index (χ2v) is 6.84. The second kappa shape index (κ2) is 9.31. The standard InChI is InChI=1S/C22H17FN2O5S/c1-2-5-14-10-13(8-9-18(14)30-12-19(26)27)11-15-20(28)24-22(31)25(21(15)29)17-7-4-3-6-16(17)23/h2-4,6-11H,1,5,12H2,(H,26,27)(H,24,28,31)/b15-11+. The Balaban J connectivity index is 1.98. The number of benzene rings is 2. The van der Waals surface area contributed by atoms with Crippen molar-refractivity contribution in [3.63, 3.8) is 0 Å². The van der Waals surface area contributed by atoms with Gasteiger partial charge in [0.25, 0.3) is 11.8 Å². The number of nitrogens with one attached hydrogen (secondary N) is 1. The molecular weight excluding hydrogens is 423 g/mol. The number of hydrogen-bond donors (Lipinski definition) is 2. The molecule has 0 aromatic heterocycles. The number of halogens is 1. The third kappa shape index (κ3) is 4.84. The van der Waals surface area contributed by atoms with Crippen molar-refractivity contribution >= 4 is 46.9 Å². The molecule has 0 atom stereocenters. The fraction of sp³-hybridized carbons (Fsp3) is 0.0909. The van der Waals surface area contributed by atoms with Gasteiger partial charge in [0.2, 0.25) is 0 Å². The molecule has 9 heteroatoms. The summed E-state index contributed by atoms with van der Waals surface area (Å²) in [6.07, 6.45) is 3.33. The van der Waals surface area contributed by atoms with Crippen LogP contribution in [0.3, 0.4) is 0 Å². The number of amides is 2. The van der Waals surface area contributed by atoms with E-state index in [0.29, 0.717) is 23.3 Å². The summed E-state index contributed by atoms with van der Waals surface area (Å²) in [6.45, 7) is 3.15. The SMILES string of the molecule is C=CCc1cc(/C=C2\C(=O)NC(=S)N(c3ccccc3F)C2=O)ccc1OCC(=O)O. The zero-order valence-corrected chi connectivity index (χ0v) is 16.9. The van der Waals surface area contributed by atoms with E-state index in [0.717, 1.165) is 4.90 Å². The van der Waals surface area contributed by atoms with Crippen molar-refractivity contribution in [1.82, 2.24) is 5.32 Å². The highest BCUT2D eigenvalue weighted by Crippen LogP contribution is 2.26. The quantitative estimate of drug-likeness (QED) is 0.298. The molecule has 0 spiro atoms. The van der Waals surface area contributed by atoms with Crippen LogP contribution in [0.2, 0.25) is 0 Å². The van der Waals surface area contributed by atoms with Gasteiger partial charge < -0.3 is 9.84 Å². The predicted octanol–water partition coefficient (Wildman–Crippen LogP) is 2.85. The summed E-state index contributed by atoms with van der Waals surface area (Å²) >= 11 is 5.07. The average Bonchev–Trinajstić information content (AvgIpc) is 2.72. The molecule has 2 amide bonds. The molecule has 0 saturated carbocycles. The van der Waals surface area contributed by atoms with Gasteiger partial charge in [-0.1, -0.05) is 24.3 Å². The van der Waals surface area contributed by atoms with Crippen LogP contribution in [0.25, 0.3) is 6.08 Å². The fourth-order valence-corrected chi connectivity index (χ4v) is 3.23. The molecule has 1 aliphatic rings. The number of hydrogen-bond acceptors (Lipinski definition) is 5. The first-order valence-corrected chi connectivity index (χ1v) is 9.47. The lowest BCUT2D eigenvalue weighted by atomic mass is 10.0. The zero-order chi connectivity index (χ0) is 22.5. The van der Waals surface area contributed by atoms with Gasteiger partial charge in [-0.3, -0.25) is 14.9 Å². The number of rotatable bonds is 7. The highest BCUT2D eigenvalue weighted by molar-refractivity contribution is 7.80. The molecule has 1 saturated heterocycles. The van der Waals surface area contributed by atoms with Gasteiger partial charge in [-0.25, -0.2) is 14.1 Å². The summed E-state index contributed by atoms with van der Waals surface area (Å²) in [5.74, 6) is -2.92. The number of carbonyl (C=O) groups is 3. The van der Waals surface area contributed by atoms with Crippen molar-refractivity contribution in [1.29, 1.82) is 0 Å². The first-order valence-electron chi connectivity index (χ1n) is 9.06. The molecule has 1 fully saturated rings. The minimum Gasteiger partial charge on any atom is -0.482 e. The van der Waals surface area contributed by atoms with E-state index in [1.54, 1.807) is 30.3 Å². The Morgan fingerprint density at radius 2 is 2.00 bits per heavy atom. The van der Waals surface area contributed by atoms with E-state index >= 15 is 0 Å². The highest BCUT2D eigenvalue weighted by Gasteiger charge is 2.35. The molecule has 7 nitrogen and oxygen atoms in total. The Kier molecular flexibility index (Phi) is 6.56. The summed E-state index contributed by atoms with van der Waals surface area (Å²) in [5.41, 5.74) is 0.795. The van der Waals surface area contributed by atoms with Gasteiger partial charge in [0.15, 0.2) is 11.7 Å². The smallest absolute Gasteiger partial charge is 0.341 e. The van der Waals surface area contributed by atoms with Crippen molar-refractivity contribution in [2.75, 3.05) is 11.5 Å². The van der Waals surface area contributed by atoms with Crippen LogP contribution in [-0.2, 0) is 20.8 Å². The number of aliphatic carboxylic acids is 1. The highest BCUT2D eigenvalue weighted by atomic mass is 32.1. The topological polar surface area (TPSA) is 95.9 Å². The molecule has 3 rings (SSSR count). The number of carboxylic acids is 1. The van der Waals surface area contributed by atoms with Gasteiger partial charge in [0, 0.05) is 0 Å². The van der Waals surface area contributed by atoms with Gasteiger partial charge in [-0.15, -0.1) is 6.58 Å². The molecule has 31 heavy (non-hydrogen) atoms. The lowest BCUT2D eigenvalue weighted by Crippen LogP contribution is -2.54. The number of anilines is 1. The van der Waals surface area contributed by atoms with Crippen LogP contribution in [0.4, 0.5) is 10.1 Å². The van der Waals surface area contributed by atoms with E-state index < -0.39 is 30.2 Å². The molecule has 0 aliphatic carbocycles. The normalized spacial score (nSPS) is 15.1. The van der Waals surface area contributed by atoms with Gasteiger partial charge in [0.05, 0.1) is 5.69 Å². The number of carboxylic acid groups (broad SMARTS) is 1. The summed E-state index contributed by atoms with van der Waals surface area (Å²) in [4.78, 5) is 37.1. The van der Waals surface area contributed by atoms with Gasteiger partial charge >= 0.3 is 5.97 Å². The van der Waals surface area contributed by atoms with Crippen molar-refractivity contribution in [2.45, 2.75) is 6.42 Å². The van der Waals surface area contributed by atoms with Crippen molar-refractivity contribution in [3.05, 3.63) is 77.6 Å². The van der Waals surface area contributed by atoms with E-state index in [4.69, 9.17) is 22.1 Å². The van der Waals surface area contributed by atoms with E-state index in [2.05, 4.69) is 11.9 Å². The van der Waals surface area contributed by atoms with E-state index in [1.165, 1.54) is 24.3 Å². The van der Waals surface area contributed by atoms with E-state index in [9.17, 15) is 18.8 Å². The maximum absolute atomic E-state index is 14.2. The molecule has 1 heterocycles. The van der Waals surface area contributed by atoms with Crippen LogP contribution in [0.1, 0.15) is 11.1 Å². The van der Waals surface area contributed by atoms with Crippen LogP contribution in [-0.4, -0.2) is 34.6 Å². The molecule has 158 valence electrons. The predicted molar refractivity (Wildman–Crippen MR) is 116 cm³/mol. The Morgan fingerprint density at radius 3 is 2.68 bits per heavy atom. The van der Waals surface area contributed by atoms with Gasteiger partial charge in [-0.05, 0) is 60.1 Å². The number of allylic oxidation sites excluding steroid dienone is 1. The summed E-state index contributed by atoms with van der Waals surface area (Å²) in [5, 5.41) is 11.0. The van der Waals surface area contributed by atoms with Crippen molar-refractivity contribution < 1.29 is 28.6 Å². The van der Waals surface area contributed by atoms with Crippen molar-refractivity contribution in [3.8, 4) is 5.75 Å². The Hall–Kier alpha value is -3.85. The summed E-state index contributed by atoms with van der Waals surface area (Å²) < 4.78 is 19.5. The van der Waals surface area contributed by atoms with E-state index in [1.807, 2.05) is 0 Å². The third-order valence-corrected chi connectivity index (χ3v) is 4.59. The first-order chi connectivity index (χ1) is 14.8. The molecule has 0 bridgehead atoms. The molecule has 1 aliphatic heterocycles. The Morgan fingerprint density at radius 1 is 1.26 bits per heavy atom. The Bertz CT molecular complexity index is 1130. The van der Waals surface area contributed by atoms with Crippen LogP contribution < -0.4 is 15.0 Å². The van der Waals surface area contributed by atoms with Crippen LogP contribution in [0.5, 0.6) is 5.75 Å². The monoisotopic (exact) mass is 440 g/mol. The lowest BCUT2D eigenvalue weighted by molar-refractivity contribution is -0.139. The van der Waals surface area contributed by atoms with E-state index in [-0.39, 0.29) is 16.4 Å². The number of para-hydroxylation sites is 1. The van der Waals surface area contributed by atoms with Crippen LogP contribution in [0.15, 0.2) is 60.7 Å². The number of thiocarbonyl (C=S) groups is 1. The Labute approximate surface area is 182 Å². The molecule has 2 aromatic carbocycles. The molecule has 2 aromatic rings. The molecule has 0 unspecified atom stereocenters. The first kappa shape index (κ1) is 21.8. The van der Waals surface area contributed by atoms with Gasteiger partial charge in [0.1, 0.15) is 17.1 Å². The van der Waals surface area contributed by atoms with Crippen LogP contribution in [0, 0.1) is 5.82 Å². The summed E-state index contributed by atoms with van der Waals surface area (Å²) in [7, 11) is 0. The maximum Gasteiger partial charge on any atom is 0.341 e. The zero-order valence-electron chi connectivity index (χ0n) is 16.1. The maximum atomic E-state index is 14.2. The lowest BCUT2D eigenvalue weighted by Gasteiger charge is -2.29. The minimum absolute atomic E-state index is 0.0758. The van der Waals surface area contributed by atoms with Gasteiger partial charge in [-0.2, -0.15) is 0 Å². The average molecular weight is 440 g/mol. The van der Waals surface area contributed by atoms with Crippen LogP contribution >= 0.6 is 12.2 Å². The second-order valence-electron chi connectivity index (χ2n) is 6.45.